The molecule has 0 bridgehead atoms. The van der Waals surface area contributed by atoms with Gasteiger partial charge in [-0.2, -0.15) is 0 Å². The van der Waals surface area contributed by atoms with E-state index in [1.54, 1.807) is 6.92 Å². The van der Waals surface area contributed by atoms with E-state index in [-0.39, 0.29) is 5.13 Å². The Labute approximate surface area is 95.2 Å². The van der Waals surface area contributed by atoms with Crippen LogP contribution in [0, 0.1) is 5.92 Å². The quantitative estimate of drug-likeness (QED) is 0.695. The van der Waals surface area contributed by atoms with Gasteiger partial charge in [-0.15, -0.1) is 0 Å². The molecular formula is C7H11N5O3S. The highest BCUT2D eigenvalue weighted by molar-refractivity contribution is 7.09. The number of rotatable bonds is 4. The van der Waals surface area contributed by atoms with Crippen LogP contribution >= 0.6 is 11.5 Å². The lowest BCUT2D eigenvalue weighted by atomic mass is 10.0. The zero-order valence-corrected chi connectivity index (χ0v) is 9.48. The van der Waals surface area contributed by atoms with Crippen molar-refractivity contribution in [2.24, 2.45) is 5.92 Å². The number of urea groups is 1. The summed E-state index contributed by atoms with van der Waals surface area (Å²) in [7, 11) is 0. The topological polar surface area (TPSA) is 117 Å². The monoisotopic (exact) mass is 245 g/mol. The molecule has 16 heavy (non-hydrogen) atoms. The van der Waals surface area contributed by atoms with Gasteiger partial charge in [0.15, 0.2) is 0 Å². The molecule has 8 nitrogen and oxygen atoms in total. The van der Waals surface area contributed by atoms with E-state index in [1.807, 2.05) is 0 Å². The summed E-state index contributed by atoms with van der Waals surface area (Å²) in [5.74, 6) is -1.64. The molecule has 0 radical (unpaired) electrons. The molecule has 0 aromatic carbocycles. The van der Waals surface area contributed by atoms with Crippen molar-refractivity contribution in [2.75, 3.05) is 5.32 Å². The molecular weight excluding hydrogens is 234 g/mol. The van der Waals surface area contributed by atoms with Gasteiger partial charge < -0.3 is 10.4 Å². The number of hydrogen-bond acceptors (Lipinski definition) is 6. The maximum absolute atomic E-state index is 11.3. The van der Waals surface area contributed by atoms with Crippen molar-refractivity contribution in [3.8, 4) is 0 Å². The minimum atomic E-state index is -0.967. The zero-order valence-electron chi connectivity index (χ0n) is 8.67. The minimum Gasteiger partial charge on any atom is -0.481 e. The van der Waals surface area contributed by atoms with Crippen LogP contribution in [0.2, 0.25) is 0 Å². The number of amides is 2. The molecule has 0 aliphatic rings. The predicted octanol–water partition coefficient (Wildman–Crippen LogP) is 0.164. The molecule has 9 heteroatoms. The third-order valence-corrected chi connectivity index (χ3v) is 2.53. The summed E-state index contributed by atoms with van der Waals surface area (Å²) in [6.45, 7) is 3.12. The Morgan fingerprint density at radius 2 is 2.12 bits per heavy atom. The highest BCUT2D eigenvalue weighted by atomic mass is 32.1. The zero-order chi connectivity index (χ0) is 12.1. The smallest absolute Gasteiger partial charge is 0.321 e. The molecule has 0 saturated heterocycles. The van der Waals surface area contributed by atoms with Crippen molar-refractivity contribution in [3.05, 3.63) is 0 Å². The van der Waals surface area contributed by atoms with Gasteiger partial charge in [-0.05, 0) is 19.1 Å². The maximum atomic E-state index is 11.3. The summed E-state index contributed by atoms with van der Waals surface area (Å²) >= 11 is 0.933. The fourth-order valence-corrected chi connectivity index (χ4v) is 1.22. The van der Waals surface area contributed by atoms with Gasteiger partial charge in [-0.25, -0.2) is 4.79 Å². The van der Waals surface area contributed by atoms with Crippen molar-refractivity contribution in [2.45, 2.75) is 19.9 Å². The Morgan fingerprint density at radius 3 is 2.62 bits per heavy atom. The summed E-state index contributed by atoms with van der Waals surface area (Å²) < 4.78 is 3.46. The van der Waals surface area contributed by atoms with Gasteiger partial charge in [-0.1, -0.05) is 9.59 Å². The van der Waals surface area contributed by atoms with E-state index in [4.69, 9.17) is 5.11 Å². The number of nitrogens with one attached hydrogen (secondary N) is 2. The molecule has 0 fully saturated rings. The van der Waals surface area contributed by atoms with E-state index in [1.165, 1.54) is 6.92 Å². The van der Waals surface area contributed by atoms with Gasteiger partial charge in [-0.3, -0.25) is 10.1 Å². The fourth-order valence-electron chi connectivity index (χ4n) is 0.861. The van der Waals surface area contributed by atoms with Crippen molar-refractivity contribution >= 4 is 28.7 Å². The van der Waals surface area contributed by atoms with Crippen molar-refractivity contribution < 1.29 is 14.7 Å². The van der Waals surface area contributed by atoms with Gasteiger partial charge in [0.05, 0.1) is 5.92 Å². The van der Waals surface area contributed by atoms with Crippen LogP contribution in [0.25, 0.3) is 0 Å². The first-order valence-corrected chi connectivity index (χ1v) is 5.23. The second-order valence-corrected chi connectivity index (χ2v) is 3.91. The normalized spacial score (nSPS) is 13.9. The van der Waals surface area contributed by atoms with Crippen molar-refractivity contribution in [1.29, 1.82) is 0 Å². The SMILES string of the molecule is CC(NC(=O)Nc1nnns1)C(C)C(=O)O. The van der Waals surface area contributed by atoms with Gasteiger partial charge in [0.25, 0.3) is 0 Å². The molecule has 0 aliphatic carbocycles. The molecule has 2 amide bonds. The van der Waals surface area contributed by atoms with Crippen LogP contribution in [0.3, 0.4) is 0 Å². The van der Waals surface area contributed by atoms with E-state index in [0.29, 0.717) is 0 Å². The summed E-state index contributed by atoms with van der Waals surface area (Å²) in [5.41, 5.74) is 0. The lowest BCUT2D eigenvalue weighted by Gasteiger charge is -2.17. The largest absolute Gasteiger partial charge is 0.481 e. The van der Waals surface area contributed by atoms with Crippen LogP contribution < -0.4 is 10.6 Å². The summed E-state index contributed by atoms with van der Waals surface area (Å²) in [5, 5.41) is 20.7. The number of anilines is 1. The Hall–Kier alpha value is -1.77. The average Bonchev–Trinajstić information content (AvgIpc) is 2.68. The van der Waals surface area contributed by atoms with Crippen LogP contribution in [0.5, 0.6) is 0 Å². The summed E-state index contributed by atoms with van der Waals surface area (Å²) in [6, 6.07) is -1.02. The van der Waals surface area contributed by atoms with E-state index < -0.39 is 24.0 Å². The van der Waals surface area contributed by atoms with Crippen molar-refractivity contribution in [3.63, 3.8) is 0 Å². The van der Waals surface area contributed by atoms with Crippen LogP contribution in [0.15, 0.2) is 0 Å². The second-order valence-electron chi connectivity index (χ2n) is 3.18. The number of carbonyl (C=O) groups excluding carboxylic acids is 1. The van der Waals surface area contributed by atoms with Crippen molar-refractivity contribution in [1.82, 2.24) is 20.1 Å². The molecule has 88 valence electrons. The lowest BCUT2D eigenvalue weighted by molar-refractivity contribution is -0.141. The number of carbonyl (C=O) groups is 2. The predicted molar refractivity (Wildman–Crippen MR) is 56.1 cm³/mol. The highest BCUT2D eigenvalue weighted by Gasteiger charge is 2.21. The number of nitrogens with zero attached hydrogens (tertiary/aromatic N) is 3. The molecule has 1 aromatic heterocycles. The summed E-state index contributed by atoms with van der Waals surface area (Å²) in [6.07, 6.45) is 0. The Kier molecular flexibility index (Phi) is 4.11. The molecule has 1 rings (SSSR count). The second kappa shape index (κ2) is 5.35. The lowest BCUT2D eigenvalue weighted by Crippen LogP contribution is -2.42. The highest BCUT2D eigenvalue weighted by Crippen LogP contribution is 2.06. The summed E-state index contributed by atoms with van der Waals surface area (Å²) in [4.78, 5) is 22.0. The Balaban J connectivity index is 2.42. The average molecular weight is 245 g/mol. The number of carboxylic acids is 1. The van der Waals surface area contributed by atoms with E-state index in [2.05, 4.69) is 25.4 Å². The molecule has 0 saturated carbocycles. The molecule has 3 N–H and O–H groups in total. The van der Waals surface area contributed by atoms with E-state index in [9.17, 15) is 9.59 Å². The van der Waals surface area contributed by atoms with Crippen LogP contribution in [0.1, 0.15) is 13.8 Å². The molecule has 2 atom stereocenters. The standard InChI is InChI=1S/C7H11N5O3S/c1-3(5(13)14)4(2)8-6(15)9-7-10-11-12-16-7/h3-4H,1-2H3,(H,13,14)(H2,8,9,10,12,15). The molecule has 0 spiro atoms. The first kappa shape index (κ1) is 12.3. The van der Waals surface area contributed by atoms with E-state index >= 15 is 0 Å². The van der Waals surface area contributed by atoms with Gasteiger partial charge in [0.2, 0.25) is 5.13 Å². The minimum absolute atomic E-state index is 0.257. The van der Waals surface area contributed by atoms with Gasteiger partial charge in [0.1, 0.15) is 0 Å². The molecule has 0 aliphatic heterocycles. The van der Waals surface area contributed by atoms with Crippen LogP contribution in [0.4, 0.5) is 9.93 Å². The third-order valence-electron chi connectivity index (χ3n) is 2.02. The van der Waals surface area contributed by atoms with E-state index in [0.717, 1.165) is 11.5 Å². The number of aliphatic carboxylic acids is 1. The maximum Gasteiger partial charge on any atom is 0.321 e. The third kappa shape index (κ3) is 3.42. The van der Waals surface area contributed by atoms with Crippen LogP contribution in [-0.2, 0) is 4.79 Å². The Bertz CT molecular complexity index is 368. The van der Waals surface area contributed by atoms with Gasteiger partial charge >= 0.3 is 12.0 Å². The number of hydrogen-bond donors (Lipinski definition) is 3. The van der Waals surface area contributed by atoms with Crippen LogP contribution in [-0.4, -0.2) is 37.9 Å². The molecule has 1 heterocycles. The molecule has 2 unspecified atom stereocenters. The fraction of sp³-hybridized carbons (Fsp3) is 0.571. The first-order valence-electron chi connectivity index (χ1n) is 4.46. The Morgan fingerprint density at radius 1 is 1.44 bits per heavy atom. The number of carboxylic acid groups (broad SMARTS) is 1. The number of aromatic nitrogens is 3. The first-order chi connectivity index (χ1) is 7.50. The van der Waals surface area contributed by atoms with Gasteiger partial charge in [0, 0.05) is 17.6 Å². The molecule has 1 aromatic rings.